The minimum Gasteiger partial charge on any atom is -0.393 e. The summed E-state index contributed by atoms with van der Waals surface area (Å²) in [4.78, 5) is 28.6. The van der Waals surface area contributed by atoms with E-state index >= 15 is 0 Å². The van der Waals surface area contributed by atoms with Gasteiger partial charge in [-0.3, -0.25) is 9.59 Å². The fraction of sp³-hybridized carbons (Fsp3) is 0.867. The van der Waals surface area contributed by atoms with E-state index in [-0.39, 0.29) is 35.9 Å². The average molecular weight is 278 g/mol. The maximum Gasteiger partial charge on any atom is 0.226 e. The number of carbonyl (C=O) groups excluding carboxylic acids is 2. The van der Waals surface area contributed by atoms with E-state index in [1.54, 1.807) is 0 Å². The van der Waals surface area contributed by atoms with E-state index < -0.39 is 0 Å². The van der Waals surface area contributed by atoms with Gasteiger partial charge in [0.1, 0.15) is 0 Å². The first kappa shape index (κ1) is 12.6. The Labute approximate surface area is 118 Å². The minimum atomic E-state index is -0.293. The van der Waals surface area contributed by atoms with Gasteiger partial charge in [-0.25, -0.2) is 0 Å². The molecule has 2 saturated heterocycles. The van der Waals surface area contributed by atoms with Crippen molar-refractivity contribution in [2.75, 3.05) is 13.1 Å². The molecule has 4 aliphatic rings. The van der Waals surface area contributed by atoms with Crippen LogP contribution in [-0.2, 0) is 9.59 Å². The quantitative estimate of drug-likeness (QED) is 0.811. The summed E-state index contributed by atoms with van der Waals surface area (Å²) >= 11 is 0. The van der Waals surface area contributed by atoms with Crippen LogP contribution in [0.15, 0.2) is 0 Å². The normalized spacial score (nSPS) is 40.0. The molecule has 0 radical (unpaired) electrons. The van der Waals surface area contributed by atoms with Crippen molar-refractivity contribution in [2.24, 2.45) is 11.8 Å². The maximum absolute atomic E-state index is 12.4. The second kappa shape index (κ2) is 4.45. The molecule has 0 aromatic rings. The third-order valence-corrected chi connectivity index (χ3v) is 5.51. The van der Waals surface area contributed by atoms with Gasteiger partial charge in [0.05, 0.1) is 18.2 Å². The highest BCUT2D eigenvalue weighted by atomic mass is 16.3. The van der Waals surface area contributed by atoms with Gasteiger partial charge in [0, 0.05) is 25.4 Å². The zero-order chi connectivity index (χ0) is 13.9. The van der Waals surface area contributed by atoms with Gasteiger partial charge in [-0.15, -0.1) is 0 Å². The SMILES string of the molecule is O=C1CC2C(CCN2C(=O)C2CC(O)C2)N1CC1CC1. The number of nitrogens with zero attached hydrogens (tertiary/aromatic N) is 2. The van der Waals surface area contributed by atoms with Gasteiger partial charge < -0.3 is 14.9 Å². The van der Waals surface area contributed by atoms with Gasteiger partial charge in [-0.2, -0.15) is 0 Å². The van der Waals surface area contributed by atoms with E-state index in [0.29, 0.717) is 25.2 Å². The molecule has 20 heavy (non-hydrogen) atoms. The number of hydrogen-bond donors (Lipinski definition) is 1. The predicted octanol–water partition coefficient (Wildman–Crippen LogP) is 0.369. The van der Waals surface area contributed by atoms with Crippen molar-refractivity contribution in [3.05, 3.63) is 0 Å². The molecule has 110 valence electrons. The zero-order valence-corrected chi connectivity index (χ0v) is 11.7. The Morgan fingerprint density at radius 3 is 2.60 bits per heavy atom. The van der Waals surface area contributed by atoms with Crippen molar-refractivity contribution >= 4 is 11.8 Å². The Morgan fingerprint density at radius 2 is 1.95 bits per heavy atom. The molecule has 4 fully saturated rings. The van der Waals surface area contributed by atoms with Crippen molar-refractivity contribution in [3.63, 3.8) is 0 Å². The Bertz CT molecular complexity index is 442. The van der Waals surface area contributed by atoms with Crippen LogP contribution in [0.2, 0.25) is 0 Å². The Balaban J connectivity index is 1.44. The van der Waals surface area contributed by atoms with Crippen LogP contribution in [0.3, 0.4) is 0 Å². The molecule has 0 bridgehead atoms. The Kier molecular flexibility index (Phi) is 2.81. The molecule has 2 aliphatic heterocycles. The number of aliphatic hydroxyl groups excluding tert-OH is 1. The molecule has 2 unspecified atom stereocenters. The molecule has 2 aliphatic carbocycles. The lowest BCUT2D eigenvalue weighted by Crippen LogP contribution is -2.47. The zero-order valence-electron chi connectivity index (χ0n) is 11.7. The summed E-state index contributed by atoms with van der Waals surface area (Å²) < 4.78 is 0. The van der Waals surface area contributed by atoms with Crippen molar-refractivity contribution in [2.45, 2.75) is 56.7 Å². The fourth-order valence-electron chi connectivity index (χ4n) is 4.04. The van der Waals surface area contributed by atoms with E-state index in [4.69, 9.17) is 0 Å². The summed E-state index contributed by atoms with van der Waals surface area (Å²) in [5.41, 5.74) is 0. The second-order valence-electron chi connectivity index (χ2n) is 6.97. The lowest BCUT2D eigenvalue weighted by atomic mass is 9.81. The number of hydrogen-bond acceptors (Lipinski definition) is 3. The highest BCUT2D eigenvalue weighted by molar-refractivity contribution is 5.85. The third-order valence-electron chi connectivity index (χ3n) is 5.51. The summed E-state index contributed by atoms with van der Waals surface area (Å²) in [6.45, 7) is 1.69. The molecule has 4 rings (SSSR count). The average Bonchev–Trinajstić information content (AvgIpc) is 3.04. The van der Waals surface area contributed by atoms with Crippen LogP contribution in [0.4, 0.5) is 0 Å². The number of fused-ring (bicyclic) bond motifs is 1. The first-order chi connectivity index (χ1) is 9.63. The highest BCUT2D eigenvalue weighted by Gasteiger charge is 2.50. The summed E-state index contributed by atoms with van der Waals surface area (Å²) in [6.07, 6.45) is 4.87. The van der Waals surface area contributed by atoms with E-state index in [2.05, 4.69) is 0 Å². The van der Waals surface area contributed by atoms with E-state index in [0.717, 1.165) is 19.5 Å². The minimum absolute atomic E-state index is 0.00339. The Hall–Kier alpha value is -1.10. The number of amides is 2. The van der Waals surface area contributed by atoms with Crippen LogP contribution in [-0.4, -0.2) is 58.0 Å². The largest absolute Gasteiger partial charge is 0.393 e. The standard InChI is InChI=1S/C15H22N2O3/c18-11-5-10(6-11)15(20)16-4-3-12-13(16)7-14(19)17(12)8-9-1-2-9/h9-13,18H,1-8H2. The second-order valence-corrected chi connectivity index (χ2v) is 6.97. The molecule has 0 aromatic heterocycles. The molecule has 5 heteroatoms. The van der Waals surface area contributed by atoms with Crippen LogP contribution in [0.5, 0.6) is 0 Å². The maximum atomic E-state index is 12.4. The monoisotopic (exact) mass is 278 g/mol. The smallest absolute Gasteiger partial charge is 0.226 e. The summed E-state index contributed by atoms with van der Waals surface area (Å²) in [5.74, 6) is 1.11. The van der Waals surface area contributed by atoms with Gasteiger partial charge in [-0.1, -0.05) is 0 Å². The van der Waals surface area contributed by atoms with Gasteiger partial charge in [0.25, 0.3) is 0 Å². The van der Waals surface area contributed by atoms with Crippen LogP contribution in [0, 0.1) is 11.8 Å². The molecular formula is C15H22N2O3. The van der Waals surface area contributed by atoms with Crippen LogP contribution >= 0.6 is 0 Å². The summed E-state index contributed by atoms with van der Waals surface area (Å²) in [7, 11) is 0. The van der Waals surface area contributed by atoms with E-state index in [9.17, 15) is 14.7 Å². The van der Waals surface area contributed by atoms with Gasteiger partial charge >= 0.3 is 0 Å². The summed E-state index contributed by atoms with van der Waals surface area (Å²) in [5, 5.41) is 9.35. The number of carbonyl (C=O) groups is 2. The Morgan fingerprint density at radius 1 is 1.20 bits per heavy atom. The molecule has 2 heterocycles. The number of likely N-dealkylation sites (tertiary alicyclic amines) is 2. The third kappa shape index (κ3) is 1.94. The van der Waals surface area contributed by atoms with Gasteiger partial charge in [-0.05, 0) is 38.0 Å². The fourth-order valence-corrected chi connectivity index (χ4v) is 4.04. The van der Waals surface area contributed by atoms with Gasteiger partial charge in [0.2, 0.25) is 11.8 Å². The van der Waals surface area contributed by atoms with Crippen LogP contribution < -0.4 is 0 Å². The predicted molar refractivity (Wildman–Crippen MR) is 71.7 cm³/mol. The molecular weight excluding hydrogens is 256 g/mol. The summed E-state index contributed by atoms with van der Waals surface area (Å²) in [6, 6.07) is 0.364. The lowest BCUT2D eigenvalue weighted by Gasteiger charge is -2.35. The molecule has 2 atom stereocenters. The van der Waals surface area contributed by atoms with Crippen molar-refractivity contribution < 1.29 is 14.7 Å². The molecule has 5 nitrogen and oxygen atoms in total. The van der Waals surface area contributed by atoms with E-state index in [1.165, 1.54) is 12.8 Å². The molecule has 0 aromatic carbocycles. The molecule has 2 saturated carbocycles. The van der Waals surface area contributed by atoms with Crippen LogP contribution in [0.1, 0.15) is 38.5 Å². The van der Waals surface area contributed by atoms with Gasteiger partial charge in [0.15, 0.2) is 0 Å². The van der Waals surface area contributed by atoms with Crippen molar-refractivity contribution in [3.8, 4) is 0 Å². The molecule has 2 amide bonds. The number of aliphatic hydroxyl groups is 1. The number of rotatable bonds is 3. The van der Waals surface area contributed by atoms with E-state index in [1.807, 2.05) is 9.80 Å². The first-order valence-electron chi connectivity index (χ1n) is 7.91. The van der Waals surface area contributed by atoms with Crippen LogP contribution in [0.25, 0.3) is 0 Å². The van der Waals surface area contributed by atoms with Crippen molar-refractivity contribution in [1.82, 2.24) is 9.80 Å². The highest BCUT2D eigenvalue weighted by Crippen LogP contribution is 2.39. The molecule has 0 spiro atoms. The molecule has 1 N–H and O–H groups in total. The van der Waals surface area contributed by atoms with Crippen molar-refractivity contribution in [1.29, 1.82) is 0 Å². The first-order valence-corrected chi connectivity index (χ1v) is 7.91. The lowest BCUT2D eigenvalue weighted by molar-refractivity contribution is -0.143. The topological polar surface area (TPSA) is 60.9 Å².